The van der Waals surface area contributed by atoms with Crippen LogP contribution in [0, 0.1) is 5.82 Å². The van der Waals surface area contributed by atoms with Gasteiger partial charge in [-0.15, -0.1) is 11.6 Å². The zero-order valence-electron chi connectivity index (χ0n) is 9.65. The van der Waals surface area contributed by atoms with Gasteiger partial charge in [-0.05, 0) is 46.3 Å². The van der Waals surface area contributed by atoms with Crippen LogP contribution in [-0.4, -0.2) is 14.5 Å². The highest BCUT2D eigenvalue weighted by molar-refractivity contribution is 9.10. The molecule has 0 N–H and O–H groups in total. The number of benzene rings is 1. The van der Waals surface area contributed by atoms with Crippen LogP contribution in [0.25, 0.3) is 16.9 Å². The number of aromatic nitrogens is 3. The molecule has 0 bridgehead atoms. The van der Waals surface area contributed by atoms with Crippen LogP contribution in [0.1, 0.15) is 5.82 Å². The van der Waals surface area contributed by atoms with E-state index in [0.29, 0.717) is 11.5 Å². The average Bonchev–Trinajstić information content (AvgIpc) is 2.77. The molecule has 0 fully saturated rings. The monoisotopic (exact) mass is 339 g/mol. The lowest BCUT2D eigenvalue weighted by molar-refractivity contribution is 0.627. The molecular formula is C13H8BrClFN3. The number of imidazole rings is 1. The molecule has 0 aliphatic heterocycles. The predicted octanol–water partition coefficient (Wildman–Crippen LogP) is 4.06. The molecule has 0 unspecified atom stereocenters. The summed E-state index contributed by atoms with van der Waals surface area (Å²) in [5, 5.41) is 0. The third-order valence-electron chi connectivity index (χ3n) is 2.74. The van der Waals surface area contributed by atoms with Crippen LogP contribution in [0.5, 0.6) is 0 Å². The fourth-order valence-electron chi connectivity index (χ4n) is 1.94. The topological polar surface area (TPSA) is 30.7 Å². The Balaban J connectivity index is 2.29. The van der Waals surface area contributed by atoms with Gasteiger partial charge in [0.2, 0.25) is 0 Å². The molecule has 0 aliphatic carbocycles. The number of hydrogen-bond donors (Lipinski definition) is 0. The molecule has 0 radical (unpaired) electrons. The van der Waals surface area contributed by atoms with Gasteiger partial charge >= 0.3 is 0 Å². The van der Waals surface area contributed by atoms with Gasteiger partial charge in [-0.2, -0.15) is 0 Å². The Bertz CT molecular complexity index is 739. The van der Waals surface area contributed by atoms with Crippen LogP contribution in [0.15, 0.2) is 41.0 Å². The molecular weight excluding hydrogens is 333 g/mol. The van der Waals surface area contributed by atoms with Gasteiger partial charge in [0.15, 0.2) is 5.65 Å². The number of halogens is 3. The highest BCUT2D eigenvalue weighted by Crippen LogP contribution is 2.23. The van der Waals surface area contributed by atoms with Crippen LogP contribution in [0.4, 0.5) is 4.39 Å². The fraction of sp³-hybridized carbons (Fsp3) is 0.0769. The van der Waals surface area contributed by atoms with Crippen LogP contribution in [-0.2, 0) is 5.88 Å². The highest BCUT2D eigenvalue weighted by Gasteiger charge is 2.13. The second-order valence-electron chi connectivity index (χ2n) is 3.97. The van der Waals surface area contributed by atoms with E-state index in [2.05, 4.69) is 25.9 Å². The summed E-state index contributed by atoms with van der Waals surface area (Å²) >= 11 is 9.29. The van der Waals surface area contributed by atoms with Gasteiger partial charge in [0.05, 0.1) is 5.88 Å². The molecule has 0 saturated heterocycles. The average molecular weight is 341 g/mol. The van der Waals surface area contributed by atoms with E-state index in [1.54, 1.807) is 18.3 Å². The first-order valence-electron chi connectivity index (χ1n) is 5.54. The normalized spacial score (nSPS) is 11.1. The largest absolute Gasteiger partial charge is 0.280 e. The zero-order chi connectivity index (χ0) is 13.4. The van der Waals surface area contributed by atoms with Gasteiger partial charge in [0, 0.05) is 16.4 Å². The van der Waals surface area contributed by atoms with Crippen molar-refractivity contribution in [3.8, 4) is 5.69 Å². The van der Waals surface area contributed by atoms with Crippen molar-refractivity contribution in [2.75, 3.05) is 0 Å². The Kier molecular flexibility index (Phi) is 3.24. The number of fused-ring (bicyclic) bond motifs is 1. The SMILES string of the molecule is Fc1ccc(-n2c(CCl)nc3cc(Br)cnc32)cc1. The number of hydrogen-bond acceptors (Lipinski definition) is 2. The Labute approximate surface area is 122 Å². The number of alkyl halides is 1. The Hall–Kier alpha value is -1.46. The number of rotatable bonds is 2. The van der Waals surface area contributed by atoms with Gasteiger partial charge in [0.25, 0.3) is 0 Å². The van der Waals surface area contributed by atoms with E-state index >= 15 is 0 Å². The van der Waals surface area contributed by atoms with E-state index in [-0.39, 0.29) is 11.7 Å². The Morgan fingerprint density at radius 2 is 2.00 bits per heavy atom. The molecule has 3 aromatic rings. The van der Waals surface area contributed by atoms with E-state index < -0.39 is 0 Å². The lowest BCUT2D eigenvalue weighted by Crippen LogP contribution is -2.00. The standard InChI is InChI=1S/C13H8BrClFN3/c14-8-5-11-13(17-7-8)19(12(6-15)18-11)10-3-1-9(16)2-4-10/h1-5,7H,6H2. The molecule has 3 nitrogen and oxygen atoms in total. The quantitative estimate of drug-likeness (QED) is 0.659. The van der Waals surface area contributed by atoms with Crippen molar-refractivity contribution in [2.45, 2.75) is 5.88 Å². The summed E-state index contributed by atoms with van der Waals surface area (Å²) in [6, 6.07) is 8.03. The first-order chi connectivity index (χ1) is 9.19. The van der Waals surface area contributed by atoms with Crippen LogP contribution < -0.4 is 0 Å². The minimum absolute atomic E-state index is 0.255. The zero-order valence-corrected chi connectivity index (χ0v) is 12.0. The minimum Gasteiger partial charge on any atom is -0.280 e. The van der Waals surface area contributed by atoms with Crippen molar-refractivity contribution in [1.29, 1.82) is 0 Å². The summed E-state index contributed by atoms with van der Waals surface area (Å²) in [6.07, 6.45) is 1.70. The van der Waals surface area contributed by atoms with Crippen LogP contribution in [0.3, 0.4) is 0 Å². The maximum atomic E-state index is 13.0. The lowest BCUT2D eigenvalue weighted by Gasteiger charge is -2.06. The number of pyridine rings is 1. The molecule has 2 aromatic heterocycles. The van der Waals surface area contributed by atoms with E-state index in [1.807, 2.05) is 10.6 Å². The third kappa shape index (κ3) is 2.24. The summed E-state index contributed by atoms with van der Waals surface area (Å²) in [7, 11) is 0. The molecule has 19 heavy (non-hydrogen) atoms. The van der Waals surface area contributed by atoms with Gasteiger partial charge < -0.3 is 0 Å². The van der Waals surface area contributed by atoms with Gasteiger partial charge in [-0.3, -0.25) is 4.57 Å². The first-order valence-corrected chi connectivity index (χ1v) is 6.86. The van der Waals surface area contributed by atoms with E-state index in [4.69, 9.17) is 11.6 Å². The summed E-state index contributed by atoms with van der Waals surface area (Å²) in [5.74, 6) is 0.649. The molecule has 6 heteroatoms. The van der Waals surface area contributed by atoms with Gasteiger partial charge in [-0.1, -0.05) is 0 Å². The second kappa shape index (κ2) is 4.90. The van der Waals surface area contributed by atoms with Gasteiger partial charge in [-0.25, -0.2) is 14.4 Å². The van der Waals surface area contributed by atoms with Crippen molar-refractivity contribution in [1.82, 2.24) is 14.5 Å². The van der Waals surface area contributed by atoms with Crippen molar-refractivity contribution >= 4 is 38.7 Å². The molecule has 0 atom stereocenters. The second-order valence-corrected chi connectivity index (χ2v) is 5.15. The molecule has 0 amide bonds. The smallest absolute Gasteiger partial charge is 0.164 e. The van der Waals surface area contributed by atoms with Crippen LogP contribution in [0.2, 0.25) is 0 Å². The lowest BCUT2D eigenvalue weighted by atomic mass is 10.3. The van der Waals surface area contributed by atoms with Crippen molar-refractivity contribution in [3.05, 3.63) is 52.6 Å². The van der Waals surface area contributed by atoms with E-state index in [0.717, 1.165) is 15.7 Å². The predicted molar refractivity (Wildman–Crippen MR) is 76.1 cm³/mol. The summed E-state index contributed by atoms with van der Waals surface area (Å²) < 4.78 is 15.7. The van der Waals surface area contributed by atoms with Crippen molar-refractivity contribution < 1.29 is 4.39 Å². The molecule has 96 valence electrons. The fourth-order valence-corrected chi connectivity index (χ4v) is 2.44. The van der Waals surface area contributed by atoms with Crippen molar-refractivity contribution in [3.63, 3.8) is 0 Å². The summed E-state index contributed by atoms with van der Waals surface area (Å²) in [4.78, 5) is 8.78. The molecule has 3 rings (SSSR count). The maximum absolute atomic E-state index is 13.0. The highest BCUT2D eigenvalue weighted by atomic mass is 79.9. The summed E-state index contributed by atoms with van der Waals surface area (Å²) in [5.41, 5.74) is 2.23. The molecule has 1 aromatic carbocycles. The Morgan fingerprint density at radius 3 is 2.68 bits per heavy atom. The maximum Gasteiger partial charge on any atom is 0.164 e. The number of nitrogens with zero attached hydrogens (tertiary/aromatic N) is 3. The molecule has 0 saturated carbocycles. The molecule has 2 heterocycles. The van der Waals surface area contributed by atoms with Crippen LogP contribution >= 0.6 is 27.5 Å². The van der Waals surface area contributed by atoms with Gasteiger partial charge in [0.1, 0.15) is 17.2 Å². The minimum atomic E-state index is -0.281. The van der Waals surface area contributed by atoms with Crippen molar-refractivity contribution in [2.24, 2.45) is 0 Å². The molecule has 0 spiro atoms. The summed E-state index contributed by atoms with van der Waals surface area (Å²) in [6.45, 7) is 0. The van der Waals surface area contributed by atoms with E-state index in [9.17, 15) is 4.39 Å². The first kappa shape index (κ1) is 12.6. The third-order valence-corrected chi connectivity index (χ3v) is 3.41. The molecule has 0 aliphatic rings. The Morgan fingerprint density at radius 1 is 1.26 bits per heavy atom. The van der Waals surface area contributed by atoms with E-state index in [1.165, 1.54) is 12.1 Å².